The molecule has 0 bridgehead atoms. The summed E-state index contributed by atoms with van der Waals surface area (Å²) in [7, 11) is 0. The fraction of sp³-hybridized carbons (Fsp3) is 0. The van der Waals surface area contributed by atoms with E-state index in [0.717, 1.165) is 16.3 Å². The fourth-order valence-electron chi connectivity index (χ4n) is 2.01. The summed E-state index contributed by atoms with van der Waals surface area (Å²) < 4.78 is 0.196. The van der Waals surface area contributed by atoms with Crippen molar-refractivity contribution in [2.45, 2.75) is 0 Å². The minimum Gasteiger partial charge on any atom is -0.492 e. The van der Waals surface area contributed by atoms with Crippen LogP contribution in [0, 0.1) is 3.57 Å². The number of aromatic amines is 1. The third-order valence-corrected chi connectivity index (χ3v) is 3.86. The summed E-state index contributed by atoms with van der Waals surface area (Å²) in [4.78, 5) is 18.4. The molecule has 0 atom stereocenters. The van der Waals surface area contributed by atoms with E-state index in [2.05, 4.69) is 9.97 Å². The average molecular weight is 364 g/mol. The zero-order chi connectivity index (χ0) is 13.4. The highest BCUT2D eigenvalue weighted by atomic mass is 127. The molecular formula is C14H9IN2O2. The van der Waals surface area contributed by atoms with Crippen LogP contribution in [-0.4, -0.2) is 15.1 Å². The number of rotatable bonds is 1. The number of benzene rings is 2. The van der Waals surface area contributed by atoms with Crippen molar-refractivity contribution in [1.29, 1.82) is 0 Å². The molecule has 1 aromatic heterocycles. The van der Waals surface area contributed by atoms with E-state index in [-0.39, 0.29) is 15.0 Å². The van der Waals surface area contributed by atoms with Gasteiger partial charge < -0.3 is 10.1 Å². The zero-order valence-electron chi connectivity index (χ0n) is 9.72. The Balaban J connectivity index is 2.34. The minimum atomic E-state index is -0.337. The van der Waals surface area contributed by atoms with Crippen molar-refractivity contribution in [2.75, 3.05) is 0 Å². The van der Waals surface area contributed by atoms with Crippen LogP contribution < -0.4 is 5.56 Å². The number of hydrogen-bond acceptors (Lipinski definition) is 3. The van der Waals surface area contributed by atoms with Gasteiger partial charge in [-0.1, -0.05) is 42.5 Å². The molecule has 0 aliphatic rings. The lowest BCUT2D eigenvalue weighted by atomic mass is 10.0. The van der Waals surface area contributed by atoms with Crippen LogP contribution in [0.1, 0.15) is 0 Å². The standard InChI is InChI=1S/C14H9IN2O2/c15-11-13(18)16-12(17-14(11)19)10-7-3-5-8-4-1-2-6-9(8)10/h1-7H,(H2,16,17,18,19). The van der Waals surface area contributed by atoms with Gasteiger partial charge in [0.25, 0.3) is 5.56 Å². The molecule has 0 amide bonds. The fourth-order valence-corrected chi connectivity index (χ4v) is 2.26. The summed E-state index contributed by atoms with van der Waals surface area (Å²) in [6.45, 7) is 0. The summed E-state index contributed by atoms with van der Waals surface area (Å²) >= 11 is 1.77. The first kappa shape index (κ1) is 12.2. The first-order valence-corrected chi connectivity index (χ1v) is 6.71. The number of H-pyrrole nitrogens is 1. The number of hydrogen-bond donors (Lipinski definition) is 2. The van der Waals surface area contributed by atoms with E-state index in [1.807, 2.05) is 42.5 Å². The molecule has 2 N–H and O–H groups in total. The van der Waals surface area contributed by atoms with Gasteiger partial charge in [-0.3, -0.25) is 4.79 Å². The molecule has 0 aliphatic heterocycles. The number of aromatic nitrogens is 2. The van der Waals surface area contributed by atoms with Gasteiger partial charge in [0, 0.05) is 5.56 Å². The van der Waals surface area contributed by atoms with Gasteiger partial charge in [0.05, 0.1) is 0 Å². The maximum atomic E-state index is 11.7. The molecule has 0 spiro atoms. The van der Waals surface area contributed by atoms with Crippen molar-refractivity contribution in [3.8, 4) is 17.3 Å². The summed E-state index contributed by atoms with van der Waals surface area (Å²) in [5, 5.41) is 11.7. The number of fused-ring (bicyclic) bond motifs is 1. The van der Waals surface area contributed by atoms with E-state index in [4.69, 9.17) is 0 Å². The number of halogens is 1. The van der Waals surface area contributed by atoms with Crippen molar-refractivity contribution in [3.05, 3.63) is 56.4 Å². The minimum absolute atomic E-state index is 0.196. The van der Waals surface area contributed by atoms with E-state index in [9.17, 15) is 9.90 Å². The van der Waals surface area contributed by atoms with Crippen LogP contribution in [0.5, 0.6) is 5.88 Å². The van der Waals surface area contributed by atoms with E-state index >= 15 is 0 Å². The molecule has 94 valence electrons. The second-order valence-corrected chi connectivity index (χ2v) is 5.16. The van der Waals surface area contributed by atoms with Crippen molar-refractivity contribution >= 4 is 33.4 Å². The number of nitrogens with zero attached hydrogens (tertiary/aromatic N) is 1. The van der Waals surface area contributed by atoms with Crippen LogP contribution in [0.15, 0.2) is 47.3 Å². The molecule has 0 unspecified atom stereocenters. The summed E-state index contributed by atoms with van der Waals surface area (Å²) in [5.74, 6) is 0.131. The normalized spacial score (nSPS) is 10.8. The molecule has 0 fully saturated rings. The SMILES string of the molecule is O=c1[nH]c(-c2cccc3ccccc23)nc(O)c1I. The van der Waals surface area contributed by atoms with Crippen molar-refractivity contribution in [1.82, 2.24) is 9.97 Å². The van der Waals surface area contributed by atoms with Gasteiger partial charge in [-0.15, -0.1) is 0 Å². The Morgan fingerprint density at radius 3 is 2.63 bits per heavy atom. The van der Waals surface area contributed by atoms with E-state index < -0.39 is 0 Å². The van der Waals surface area contributed by atoms with Crippen LogP contribution in [0.4, 0.5) is 0 Å². The summed E-state index contributed by atoms with van der Waals surface area (Å²) in [5.41, 5.74) is 0.456. The van der Waals surface area contributed by atoms with E-state index in [1.54, 1.807) is 22.6 Å². The molecule has 2 aromatic carbocycles. The van der Waals surface area contributed by atoms with Crippen LogP contribution >= 0.6 is 22.6 Å². The van der Waals surface area contributed by atoms with Gasteiger partial charge in [-0.05, 0) is 33.4 Å². The van der Waals surface area contributed by atoms with Crippen LogP contribution in [0.2, 0.25) is 0 Å². The third kappa shape index (κ3) is 2.10. The Morgan fingerprint density at radius 2 is 1.84 bits per heavy atom. The Kier molecular flexibility index (Phi) is 2.98. The second kappa shape index (κ2) is 4.65. The topological polar surface area (TPSA) is 66.0 Å². The highest BCUT2D eigenvalue weighted by Gasteiger charge is 2.11. The van der Waals surface area contributed by atoms with Crippen molar-refractivity contribution in [3.63, 3.8) is 0 Å². The molecule has 0 saturated heterocycles. The van der Waals surface area contributed by atoms with Crippen molar-refractivity contribution < 1.29 is 5.11 Å². The molecule has 4 nitrogen and oxygen atoms in total. The first-order valence-electron chi connectivity index (χ1n) is 5.64. The molecule has 3 aromatic rings. The lowest BCUT2D eigenvalue weighted by Gasteiger charge is -2.06. The maximum absolute atomic E-state index is 11.7. The highest BCUT2D eigenvalue weighted by Crippen LogP contribution is 2.26. The van der Waals surface area contributed by atoms with Crippen molar-refractivity contribution in [2.24, 2.45) is 0 Å². The molecule has 0 radical (unpaired) electrons. The van der Waals surface area contributed by atoms with Crippen LogP contribution in [0.3, 0.4) is 0 Å². The molecule has 5 heteroatoms. The zero-order valence-corrected chi connectivity index (χ0v) is 11.9. The largest absolute Gasteiger partial charge is 0.492 e. The first-order chi connectivity index (χ1) is 9.16. The lowest BCUT2D eigenvalue weighted by Crippen LogP contribution is -2.12. The lowest BCUT2D eigenvalue weighted by molar-refractivity contribution is 0.447. The Hall–Kier alpha value is -1.89. The van der Waals surface area contributed by atoms with Gasteiger partial charge in [0.15, 0.2) is 0 Å². The van der Waals surface area contributed by atoms with Gasteiger partial charge in [0.1, 0.15) is 9.39 Å². The Bertz CT molecular complexity index is 822. The van der Waals surface area contributed by atoms with E-state index in [0.29, 0.717) is 5.82 Å². The van der Waals surface area contributed by atoms with E-state index in [1.165, 1.54) is 0 Å². The van der Waals surface area contributed by atoms with Gasteiger partial charge in [-0.25, -0.2) is 0 Å². The average Bonchev–Trinajstić information content (AvgIpc) is 2.43. The third-order valence-electron chi connectivity index (χ3n) is 2.89. The molecule has 0 saturated carbocycles. The smallest absolute Gasteiger partial charge is 0.268 e. The predicted molar refractivity (Wildman–Crippen MR) is 82.2 cm³/mol. The predicted octanol–water partition coefficient (Wildman–Crippen LogP) is 2.90. The quantitative estimate of drug-likeness (QED) is 0.653. The Labute approximate surface area is 122 Å². The number of nitrogens with one attached hydrogen (secondary N) is 1. The van der Waals surface area contributed by atoms with Crippen LogP contribution in [-0.2, 0) is 0 Å². The maximum Gasteiger partial charge on any atom is 0.268 e. The summed E-state index contributed by atoms with van der Waals surface area (Å²) in [6.07, 6.45) is 0. The number of aromatic hydroxyl groups is 1. The van der Waals surface area contributed by atoms with Gasteiger partial charge >= 0.3 is 0 Å². The second-order valence-electron chi connectivity index (χ2n) is 4.08. The Morgan fingerprint density at radius 1 is 1.11 bits per heavy atom. The summed E-state index contributed by atoms with van der Waals surface area (Å²) in [6, 6.07) is 13.6. The molecular weight excluding hydrogens is 355 g/mol. The molecule has 0 aliphatic carbocycles. The molecule has 1 heterocycles. The monoisotopic (exact) mass is 364 g/mol. The molecule has 19 heavy (non-hydrogen) atoms. The molecule has 3 rings (SSSR count). The van der Waals surface area contributed by atoms with Crippen LogP contribution in [0.25, 0.3) is 22.2 Å². The highest BCUT2D eigenvalue weighted by molar-refractivity contribution is 14.1. The van der Waals surface area contributed by atoms with Gasteiger partial charge in [0.2, 0.25) is 5.88 Å². The van der Waals surface area contributed by atoms with Gasteiger partial charge in [-0.2, -0.15) is 4.98 Å².